The Hall–Kier alpha value is -0.190. The molecular formula is C13H18BrNOS. The van der Waals surface area contributed by atoms with Crippen molar-refractivity contribution in [2.24, 2.45) is 0 Å². The highest BCUT2D eigenvalue weighted by molar-refractivity contribution is 9.10. The minimum absolute atomic E-state index is 0.210. The van der Waals surface area contributed by atoms with Gasteiger partial charge in [-0.3, -0.25) is 0 Å². The molecule has 0 aromatic heterocycles. The maximum Gasteiger partial charge on any atom is 0.0975 e. The normalized spacial score (nSPS) is 21.3. The van der Waals surface area contributed by atoms with Crippen molar-refractivity contribution in [3.8, 4) is 0 Å². The van der Waals surface area contributed by atoms with Gasteiger partial charge in [0.15, 0.2) is 0 Å². The van der Waals surface area contributed by atoms with Gasteiger partial charge in [-0.05, 0) is 56.9 Å². The van der Waals surface area contributed by atoms with Crippen molar-refractivity contribution < 1.29 is 4.21 Å². The quantitative estimate of drug-likeness (QED) is 0.889. The van der Waals surface area contributed by atoms with Crippen LogP contribution in [0, 0.1) is 0 Å². The largest absolute Gasteiger partial charge is 0.242 e. The molecule has 0 saturated heterocycles. The Balaban J connectivity index is 2.15. The Kier molecular flexibility index (Phi) is 3.76. The van der Waals surface area contributed by atoms with Gasteiger partial charge in [-0.15, -0.1) is 0 Å². The van der Waals surface area contributed by atoms with Crippen molar-refractivity contribution in [3.05, 3.63) is 33.8 Å². The molecule has 2 rings (SSSR count). The molecule has 0 heterocycles. The van der Waals surface area contributed by atoms with E-state index in [0.717, 1.165) is 17.3 Å². The van der Waals surface area contributed by atoms with Crippen LogP contribution in [0.1, 0.15) is 44.4 Å². The first-order valence-corrected chi connectivity index (χ1v) is 7.78. The molecule has 1 N–H and O–H groups in total. The molecule has 1 aromatic rings. The Bertz CT molecular complexity index is 453. The van der Waals surface area contributed by atoms with Crippen LogP contribution in [0.4, 0.5) is 0 Å². The summed E-state index contributed by atoms with van der Waals surface area (Å²) in [6.07, 6.45) is 2.10. The molecule has 4 heteroatoms. The molecule has 0 bridgehead atoms. The number of halogens is 1. The van der Waals surface area contributed by atoms with E-state index in [-0.39, 0.29) is 10.8 Å². The Morgan fingerprint density at radius 3 is 2.76 bits per heavy atom. The van der Waals surface area contributed by atoms with Crippen molar-refractivity contribution in [1.82, 2.24) is 4.72 Å². The number of nitrogens with one attached hydrogen (secondary N) is 1. The molecule has 94 valence electrons. The molecule has 1 aliphatic rings. The smallest absolute Gasteiger partial charge is 0.0975 e. The molecule has 0 spiro atoms. The number of hydrogen-bond acceptors (Lipinski definition) is 1. The van der Waals surface area contributed by atoms with Gasteiger partial charge < -0.3 is 0 Å². The van der Waals surface area contributed by atoms with Crippen molar-refractivity contribution in [3.63, 3.8) is 0 Å². The number of aryl methyl sites for hydroxylation is 1. The van der Waals surface area contributed by atoms with E-state index in [1.165, 1.54) is 11.1 Å². The predicted molar refractivity (Wildman–Crippen MR) is 76.2 cm³/mol. The van der Waals surface area contributed by atoms with E-state index in [0.29, 0.717) is 0 Å². The lowest BCUT2D eigenvalue weighted by molar-refractivity contribution is 0.596. The van der Waals surface area contributed by atoms with Crippen LogP contribution in [0.25, 0.3) is 0 Å². The van der Waals surface area contributed by atoms with Crippen LogP contribution in [0.3, 0.4) is 0 Å². The minimum Gasteiger partial charge on any atom is -0.242 e. The van der Waals surface area contributed by atoms with Gasteiger partial charge in [0.1, 0.15) is 0 Å². The molecule has 0 amide bonds. The first kappa shape index (κ1) is 13.2. The number of benzene rings is 1. The predicted octanol–water partition coefficient (Wildman–Crippen LogP) is 3.49. The van der Waals surface area contributed by atoms with E-state index in [9.17, 15) is 4.21 Å². The third-order valence-corrected chi connectivity index (χ3v) is 5.09. The van der Waals surface area contributed by atoms with Crippen LogP contribution in [0.5, 0.6) is 0 Å². The average Bonchev–Trinajstić information content (AvgIpc) is 2.59. The van der Waals surface area contributed by atoms with Crippen LogP contribution in [0.15, 0.2) is 22.7 Å². The zero-order valence-electron chi connectivity index (χ0n) is 10.4. The Morgan fingerprint density at radius 2 is 2.12 bits per heavy atom. The van der Waals surface area contributed by atoms with Gasteiger partial charge in [-0.1, -0.05) is 22.0 Å². The van der Waals surface area contributed by atoms with Crippen LogP contribution in [-0.4, -0.2) is 8.96 Å². The highest BCUT2D eigenvalue weighted by Gasteiger charge is 2.27. The summed E-state index contributed by atoms with van der Waals surface area (Å²) < 4.78 is 16.2. The summed E-state index contributed by atoms with van der Waals surface area (Å²) in [6.45, 7) is 5.98. The van der Waals surface area contributed by atoms with Crippen LogP contribution in [0.2, 0.25) is 0 Å². The van der Waals surface area contributed by atoms with Crippen LogP contribution < -0.4 is 4.72 Å². The number of hydrogen-bond donors (Lipinski definition) is 1. The second-order valence-corrected chi connectivity index (χ2v) is 8.35. The summed E-state index contributed by atoms with van der Waals surface area (Å²) in [5, 5.41) is 0. The average molecular weight is 316 g/mol. The molecule has 1 aromatic carbocycles. The first-order valence-electron chi connectivity index (χ1n) is 5.84. The summed E-state index contributed by atoms with van der Waals surface area (Å²) in [4.78, 5) is 0. The van der Waals surface area contributed by atoms with E-state index >= 15 is 0 Å². The zero-order valence-corrected chi connectivity index (χ0v) is 12.8. The van der Waals surface area contributed by atoms with Gasteiger partial charge in [0.25, 0.3) is 0 Å². The van der Waals surface area contributed by atoms with E-state index < -0.39 is 11.0 Å². The molecule has 2 atom stereocenters. The van der Waals surface area contributed by atoms with Crippen molar-refractivity contribution in [1.29, 1.82) is 0 Å². The fraction of sp³-hybridized carbons (Fsp3) is 0.538. The molecule has 0 radical (unpaired) electrons. The van der Waals surface area contributed by atoms with Crippen molar-refractivity contribution in [2.45, 2.75) is 44.4 Å². The van der Waals surface area contributed by atoms with Gasteiger partial charge in [0.2, 0.25) is 0 Å². The second kappa shape index (κ2) is 4.82. The van der Waals surface area contributed by atoms with Gasteiger partial charge in [0, 0.05) is 10.5 Å². The van der Waals surface area contributed by atoms with E-state index in [4.69, 9.17) is 0 Å². The summed E-state index contributed by atoms with van der Waals surface area (Å²) in [5.74, 6) is 0. The molecule has 0 aliphatic heterocycles. The third-order valence-electron chi connectivity index (χ3n) is 2.99. The first-order chi connectivity index (χ1) is 7.88. The van der Waals surface area contributed by atoms with Crippen molar-refractivity contribution >= 4 is 26.9 Å². The number of rotatable bonds is 2. The minimum atomic E-state index is -1.00. The van der Waals surface area contributed by atoms with E-state index in [1.807, 2.05) is 20.8 Å². The summed E-state index contributed by atoms with van der Waals surface area (Å²) in [7, 11) is -1.00. The molecule has 1 aliphatic carbocycles. The molecule has 17 heavy (non-hydrogen) atoms. The fourth-order valence-corrected chi connectivity index (χ4v) is 3.28. The lowest BCUT2D eigenvalue weighted by Gasteiger charge is -2.22. The lowest BCUT2D eigenvalue weighted by Crippen LogP contribution is -2.35. The molecular weight excluding hydrogens is 298 g/mol. The topological polar surface area (TPSA) is 29.1 Å². The Morgan fingerprint density at radius 1 is 1.41 bits per heavy atom. The van der Waals surface area contributed by atoms with Gasteiger partial charge in [-0.2, -0.15) is 0 Å². The summed E-state index contributed by atoms with van der Waals surface area (Å²) in [5.41, 5.74) is 2.66. The van der Waals surface area contributed by atoms with Gasteiger partial charge in [-0.25, -0.2) is 8.93 Å². The lowest BCUT2D eigenvalue weighted by atomic mass is 10.1. The number of fused-ring (bicyclic) bond motifs is 1. The summed E-state index contributed by atoms with van der Waals surface area (Å²) in [6, 6.07) is 6.58. The maximum atomic E-state index is 12.1. The highest BCUT2D eigenvalue weighted by atomic mass is 79.9. The molecule has 0 saturated carbocycles. The van der Waals surface area contributed by atoms with Crippen LogP contribution >= 0.6 is 15.9 Å². The van der Waals surface area contributed by atoms with Crippen molar-refractivity contribution in [2.75, 3.05) is 0 Å². The van der Waals surface area contributed by atoms with Gasteiger partial charge in [0.05, 0.1) is 15.7 Å². The summed E-state index contributed by atoms with van der Waals surface area (Å²) >= 11 is 3.49. The van der Waals surface area contributed by atoms with E-state index in [2.05, 4.69) is 38.9 Å². The second-order valence-electron chi connectivity index (χ2n) is 5.43. The van der Waals surface area contributed by atoms with E-state index in [1.54, 1.807) is 0 Å². The maximum absolute atomic E-state index is 12.1. The molecule has 2 nitrogen and oxygen atoms in total. The molecule has 0 unspecified atom stereocenters. The van der Waals surface area contributed by atoms with Crippen LogP contribution in [-0.2, 0) is 17.4 Å². The third kappa shape index (κ3) is 2.98. The fourth-order valence-electron chi connectivity index (χ4n) is 2.01. The molecule has 0 fully saturated rings. The highest BCUT2D eigenvalue weighted by Crippen LogP contribution is 2.33. The van der Waals surface area contributed by atoms with Gasteiger partial charge >= 0.3 is 0 Å². The Labute approximate surface area is 114 Å². The monoisotopic (exact) mass is 315 g/mol. The standard InChI is InChI=1S/C13H18BrNOS/c1-13(2,3)17(16)15-12-7-4-9-8-10(14)5-6-11(9)12/h5-6,8,12,15H,4,7H2,1-3H3/t12-,17-/m0/s1. The SMILES string of the molecule is CC(C)(C)[S@](=O)N[C@H]1CCc2cc(Br)ccc21. The zero-order chi connectivity index (χ0) is 12.6.